The van der Waals surface area contributed by atoms with E-state index in [1.54, 1.807) is 0 Å². The molecular formula is C58H56F14O5. The summed E-state index contributed by atoms with van der Waals surface area (Å²) < 4.78 is 200. The first-order valence-corrected chi connectivity index (χ1v) is 25.0. The third-order valence-corrected chi connectivity index (χ3v) is 13.5. The lowest BCUT2D eigenvalue weighted by atomic mass is 9.78. The molecule has 0 saturated heterocycles. The van der Waals surface area contributed by atoms with Crippen molar-refractivity contribution in [2.45, 2.75) is 115 Å². The van der Waals surface area contributed by atoms with Gasteiger partial charge in [0.1, 0.15) is 34.8 Å². The highest BCUT2D eigenvalue weighted by Crippen LogP contribution is 2.41. The molecule has 0 radical (unpaired) electrons. The Labute approximate surface area is 436 Å². The fourth-order valence-corrected chi connectivity index (χ4v) is 9.63. The standard InChI is InChI=1S/C29H27F7O2.C20H19F5O2.C9H10F2O/c1-2-3-18-12-25(32)28(26(33)13-18)37-16-17-4-6-19(7-5-17)21-14-23(30)27(24(31)15-21)20-8-10-22(11-9-20)38-29(34,35)36;21-17-9-15(13-3-1-12(11-26)2-4-13)10-18(22)19(17)14-5-7-16(8-6-14)27-20(23,24)25;1-2-3-6-4-7(10)9(12)8(11)5-6/h8-15,17,19H,2-7,16H2,1H3;5-10,12-13,26H,1-4,11H2;4-5,12H,2-3H2,1H3. The maximum Gasteiger partial charge on any atom is 0.573 e. The summed E-state index contributed by atoms with van der Waals surface area (Å²) in [6.07, 6.45) is -1.20. The minimum absolute atomic E-state index is 0.0356. The van der Waals surface area contributed by atoms with Crippen LogP contribution in [0.25, 0.3) is 22.3 Å². The maximum atomic E-state index is 14.9. The van der Waals surface area contributed by atoms with Gasteiger partial charge in [-0.15, -0.1) is 26.3 Å². The van der Waals surface area contributed by atoms with Crippen molar-refractivity contribution in [2.75, 3.05) is 13.2 Å². The van der Waals surface area contributed by atoms with Crippen LogP contribution in [-0.2, 0) is 12.8 Å². The second kappa shape index (κ2) is 26.7. The summed E-state index contributed by atoms with van der Waals surface area (Å²) >= 11 is 0. The van der Waals surface area contributed by atoms with Crippen LogP contribution in [0.15, 0.2) is 97.1 Å². The molecule has 2 aliphatic rings. The monoisotopic (exact) mass is 1100 g/mol. The van der Waals surface area contributed by atoms with E-state index in [1.807, 2.05) is 13.8 Å². The first kappa shape index (κ1) is 59.7. The number of aliphatic hydroxyl groups excluding tert-OH is 1. The molecule has 2 saturated carbocycles. The summed E-state index contributed by atoms with van der Waals surface area (Å²) in [5.74, 6) is -8.36. The minimum Gasteiger partial charge on any atom is -0.503 e. The molecule has 77 heavy (non-hydrogen) atoms. The quantitative estimate of drug-likeness (QED) is 0.106. The second-order valence-corrected chi connectivity index (χ2v) is 19.1. The van der Waals surface area contributed by atoms with E-state index in [2.05, 4.69) is 9.47 Å². The fourth-order valence-electron chi connectivity index (χ4n) is 9.63. The Morgan fingerprint density at radius 1 is 0.455 bits per heavy atom. The van der Waals surface area contributed by atoms with Crippen molar-refractivity contribution < 1.29 is 85.9 Å². The topological polar surface area (TPSA) is 68.2 Å². The molecule has 6 aromatic rings. The normalized spacial score (nSPS) is 17.6. The lowest BCUT2D eigenvalue weighted by Crippen LogP contribution is -2.20. The molecular weight excluding hydrogens is 1040 g/mol. The Morgan fingerprint density at radius 3 is 1.12 bits per heavy atom. The van der Waals surface area contributed by atoms with E-state index in [-0.39, 0.29) is 64.9 Å². The summed E-state index contributed by atoms with van der Waals surface area (Å²) in [7, 11) is 0. The molecule has 19 heteroatoms. The summed E-state index contributed by atoms with van der Waals surface area (Å²) in [6, 6.07) is 18.7. The first-order valence-electron chi connectivity index (χ1n) is 25.0. The number of benzene rings is 6. The van der Waals surface area contributed by atoms with E-state index < -0.39 is 76.5 Å². The molecule has 8 rings (SSSR count). The van der Waals surface area contributed by atoms with Gasteiger partial charge >= 0.3 is 12.7 Å². The predicted molar refractivity (Wildman–Crippen MR) is 261 cm³/mol. The Balaban J connectivity index is 0.000000213. The zero-order valence-electron chi connectivity index (χ0n) is 41.9. The Morgan fingerprint density at radius 2 is 0.792 bits per heavy atom. The maximum absolute atomic E-state index is 14.9. The van der Waals surface area contributed by atoms with Crippen LogP contribution >= 0.6 is 0 Å². The number of phenolic OH excluding ortho intramolecular Hbond substituents is 1. The number of aliphatic hydroxyl groups is 1. The molecule has 0 amide bonds. The second-order valence-electron chi connectivity index (χ2n) is 19.1. The van der Waals surface area contributed by atoms with Crippen molar-refractivity contribution in [2.24, 2.45) is 11.8 Å². The average Bonchev–Trinajstić information content (AvgIpc) is 3.36. The molecule has 416 valence electrons. The van der Waals surface area contributed by atoms with Gasteiger partial charge < -0.3 is 24.4 Å². The van der Waals surface area contributed by atoms with Crippen LogP contribution < -0.4 is 14.2 Å². The summed E-state index contributed by atoms with van der Waals surface area (Å²) in [6.45, 7) is 4.11. The van der Waals surface area contributed by atoms with Crippen molar-refractivity contribution in [3.63, 3.8) is 0 Å². The van der Waals surface area contributed by atoms with Crippen LogP contribution in [0.4, 0.5) is 61.5 Å². The van der Waals surface area contributed by atoms with Gasteiger partial charge in [0.2, 0.25) is 0 Å². The fraction of sp³-hybridized carbons (Fsp3) is 0.379. The van der Waals surface area contributed by atoms with Gasteiger partial charge in [-0.1, -0.05) is 51.0 Å². The molecule has 6 aromatic carbocycles. The van der Waals surface area contributed by atoms with Crippen LogP contribution in [0.3, 0.4) is 0 Å². The zero-order chi connectivity index (χ0) is 56.2. The largest absolute Gasteiger partial charge is 0.573 e. The number of alkyl halides is 6. The summed E-state index contributed by atoms with van der Waals surface area (Å²) in [5, 5.41) is 17.9. The number of hydrogen-bond donors (Lipinski definition) is 2. The number of ether oxygens (including phenoxy) is 3. The van der Waals surface area contributed by atoms with E-state index in [0.29, 0.717) is 60.8 Å². The average molecular weight is 1100 g/mol. The number of halogens is 14. The SMILES string of the molecule is CCCc1cc(F)c(O)c(F)c1.CCCc1cc(F)c(OCC2CCC(c3cc(F)c(-c4ccc(OC(F)(F)F)cc4)c(F)c3)CC2)c(F)c1.OCC1CCC(c2cc(F)c(-c3ccc(OC(F)(F)F)cc3)c(F)c2)CC1. The summed E-state index contributed by atoms with van der Waals surface area (Å²) in [5.41, 5.74) is 1.83. The Kier molecular flexibility index (Phi) is 20.7. The van der Waals surface area contributed by atoms with Crippen molar-refractivity contribution in [1.29, 1.82) is 0 Å². The van der Waals surface area contributed by atoms with Gasteiger partial charge in [-0.3, -0.25) is 0 Å². The van der Waals surface area contributed by atoms with E-state index in [0.717, 1.165) is 87.1 Å². The smallest absolute Gasteiger partial charge is 0.503 e. The molecule has 0 heterocycles. The van der Waals surface area contributed by atoms with Crippen molar-refractivity contribution >= 4 is 0 Å². The van der Waals surface area contributed by atoms with Gasteiger partial charge in [0.05, 0.1) is 17.7 Å². The molecule has 0 aliphatic heterocycles. The molecule has 2 fully saturated rings. The number of phenols is 1. The van der Waals surface area contributed by atoms with Gasteiger partial charge in [-0.05, 0) is 194 Å². The highest BCUT2D eigenvalue weighted by atomic mass is 19.4. The molecule has 0 spiro atoms. The van der Waals surface area contributed by atoms with Crippen LogP contribution in [0.1, 0.15) is 112 Å². The highest BCUT2D eigenvalue weighted by molar-refractivity contribution is 5.67. The Hall–Kier alpha value is -6.50. The zero-order valence-corrected chi connectivity index (χ0v) is 41.9. The third kappa shape index (κ3) is 17.0. The lowest BCUT2D eigenvalue weighted by Gasteiger charge is -2.29. The van der Waals surface area contributed by atoms with Gasteiger partial charge in [0.25, 0.3) is 0 Å². The molecule has 5 nitrogen and oxygen atoms in total. The van der Waals surface area contributed by atoms with Crippen molar-refractivity contribution in [1.82, 2.24) is 0 Å². The molecule has 0 aromatic heterocycles. The van der Waals surface area contributed by atoms with E-state index in [1.165, 1.54) is 48.5 Å². The van der Waals surface area contributed by atoms with Gasteiger partial charge in [0.15, 0.2) is 34.8 Å². The van der Waals surface area contributed by atoms with Crippen LogP contribution in [0, 0.1) is 58.4 Å². The Bertz CT molecular complexity index is 2780. The van der Waals surface area contributed by atoms with E-state index in [9.17, 15) is 66.6 Å². The molecule has 0 atom stereocenters. The number of aryl methyl sites for hydroxylation is 2. The lowest BCUT2D eigenvalue weighted by molar-refractivity contribution is -0.275. The van der Waals surface area contributed by atoms with E-state index in [4.69, 9.17) is 9.84 Å². The molecule has 2 aliphatic carbocycles. The molecule has 0 bridgehead atoms. The van der Waals surface area contributed by atoms with Crippen LogP contribution in [0.2, 0.25) is 0 Å². The van der Waals surface area contributed by atoms with Crippen molar-refractivity contribution in [3.05, 3.63) is 166 Å². The van der Waals surface area contributed by atoms with Gasteiger partial charge in [-0.2, -0.15) is 0 Å². The highest BCUT2D eigenvalue weighted by Gasteiger charge is 2.33. The summed E-state index contributed by atoms with van der Waals surface area (Å²) in [4.78, 5) is 0. The number of hydrogen-bond acceptors (Lipinski definition) is 5. The minimum atomic E-state index is -4.86. The van der Waals surface area contributed by atoms with Crippen LogP contribution in [-0.4, -0.2) is 36.2 Å². The third-order valence-electron chi connectivity index (χ3n) is 13.5. The predicted octanol–water partition coefficient (Wildman–Crippen LogP) is 17.5. The van der Waals surface area contributed by atoms with Gasteiger partial charge in [0, 0.05) is 6.61 Å². The van der Waals surface area contributed by atoms with Crippen LogP contribution in [0.5, 0.6) is 23.0 Å². The molecule has 0 unspecified atom stereocenters. The van der Waals surface area contributed by atoms with Crippen molar-refractivity contribution in [3.8, 4) is 45.3 Å². The first-order chi connectivity index (χ1) is 36.4. The number of aromatic hydroxyl groups is 1. The molecule has 2 N–H and O–H groups in total. The number of rotatable bonds is 14. The van der Waals surface area contributed by atoms with Gasteiger partial charge in [-0.25, -0.2) is 35.1 Å². The van der Waals surface area contributed by atoms with E-state index >= 15 is 0 Å².